The Morgan fingerprint density at radius 1 is 1.24 bits per heavy atom. The number of piperazine rings is 1. The van der Waals surface area contributed by atoms with E-state index in [1.807, 2.05) is 12.1 Å². The molecule has 0 saturated carbocycles. The standard InChI is InChI=1S/C25H33N7O2/c1-6-19-16-31(23-12-24(33)29(4)32-14-18(10-11-26)28-25(23)32)20(7-2)15-30(19)17(3)22-9-8-21(34-5)13-27-22/h8-9,12-14,17,19-20H,6-7,10,15-16H2,1-5H3/t17?,19-,20+/m1/s1. The number of aromatic nitrogens is 4. The molecule has 1 aliphatic rings. The largest absolute Gasteiger partial charge is 0.495 e. The Balaban J connectivity index is 1.70. The summed E-state index contributed by atoms with van der Waals surface area (Å²) < 4.78 is 8.58. The molecule has 1 aliphatic heterocycles. The molecule has 34 heavy (non-hydrogen) atoms. The molecule has 0 amide bonds. The van der Waals surface area contributed by atoms with Crippen molar-refractivity contribution in [1.82, 2.24) is 24.1 Å². The third kappa shape index (κ3) is 4.26. The Bertz CT molecular complexity index is 1240. The predicted octanol–water partition coefficient (Wildman–Crippen LogP) is 2.94. The summed E-state index contributed by atoms with van der Waals surface area (Å²) in [6, 6.07) is 8.51. The molecule has 0 bridgehead atoms. The number of rotatable bonds is 7. The molecule has 0 N–H and O–H groups in total. The Kier molecular flexibility index (Phi) is 6.89. The van der Waals surface area contributed by atoms with Crippen molar-refractivity contribution in [1.29, 1.82) is 5.26 Å². The average Bonchev–Trinajstić information content (AvgIpc) is 3.29. The summed E-state index contributed by atoms with van der Waals surface area (Å²) in [6.45, 7) is 8.24. The van der Waals surface area contributed by atoms with Gasteiger partial charge in [-0.1, -0.05) is 13.8 Å². The maximum Gasteiger partial charge on any atom is 0.267 e. The molecule has 1 saturated heterocycles. The molecule has 180 valence electrons. The van der Waals surface area contributed by atoms with Crippen LogP contribution >= 0.6 is 0 Å². The van der Waals surface area contributed by atoms with E-state index in [1.54, 1.807) is 41.8 Å². The summed E-state index contributed by atoms with van der Waals surface area (Å²) in [7, 11) is 3.37. The van der Waals surface area contributed by atoms with Crippen LogP contribution in [-0.2, 0) is 13.5 Å². The number of aryl methyl sites for hydroxylation is 1. The molecule has 3 aromatic heterocycles. The normalized spacial score (nSPS) is 19.8. The quantitative estimate of drug-likeness (QED) is 0.532. The van der Waals surface area contributed by atoms with Crippen molar-refractivity contribution in [3.8, 4) is 11.8 Å². The smallest absolute Gasteiger partial charge is 0.267 e. The van der Waals surface area contributed by atoms with Gasteiger partial charge in [-0.25, -0.2) is 14.2 Å². The molecule has 1 unspecified atom stereocenters. The van der Waals surface area contributed by atoms with Gasteiger partial charge in [-0.3, -0.25) is 14.7 Å². The number of fused-ring (bicyclic) bond motifs is 1. The molecule has 0 radical (unpaired) electrons. The van der Waals surface area contributed by atoms with Crippen molar-refractivity contribution in [3.05, 3.63) is 52.3 Å². The van der Waals surface area contributed by atoms with Crippen molar-refractivity contribution >= 4 is 11.3 Å². The van der Waals surface area contributed by atoms with Crippen LogP contribution in [0.15, 0.2) is 35.4 Å². The lowest BCUT2D eigenvalue weighted by molar-refractivity contribution is 0.0990. The summed E-state index contributed by atoms with van der Waals surface area (Å²) in [6.07, 6.45) is 5.68. The van der Waals surface area contributed by atoms with E-state index in [4.69, 9.17) is 15.0 Å². The van der Waals surface area contributed by atoms with E-state index in [1.165, 1.54) is 0 Å². The first kappa shape index (κ1) is 23.8. The third-order valence-electron chi connectivity index (χ3n) is 7.04. The second-order valence-electron chi connectivity index (χ2n) is 8.90. The fraction of sp³-hybridized carbons (Fsp3) is 0.520. The number of pyridine rings is 1. The second-order valence-corrected chi connectivity index (χ2v) is 8.90. The first-order valence-electron chi connectivity index (χ1n) is 11.9. The van der Waals surface area contributed by atoms with Crippen LogP contribution in [0.2, 0.25) is 0 Å². The maximum atomic E-state index is 12.8. The van der Waals surface area contributed by atoms with Gasteiger partial charge in [-0.15, -0.1) is 0 Å². The van der Waals surface area contributed by atoms with Crippen molar-refractivity contribution in [3.63, 3.8) is 0 Å². The van der Waals surface area contributed by atoms with E-state index in [2.05, 4.69) is 41.6 Å². The van der Waals surface area contributed by atoms with E-state index < -0.39 is 0 Å². The van der Waals surface area contributed by atoms with Gasteiger partial charge < -0.3 is 9.64 Å². The fourth-order valence-corrected chi connectivity index (χ4v) is 4.96. The topological polar surface area (TPSA) is 91.7 Å². The Labute approximate surface area is 200 Å². The van der Waals surface area contributed by atoms with Crippen molar-refractivity contribution in [2.75, 3.05) is 25.1 Å². The summed E-state index contributed by atoms with van der Waals surface area (Å²) >= 11 is 0. The summed E-state index contributed by atoms with van der Waals surface area (Å²) in [5.74, 6) is 0.754. The molecular weight excluding hydrogens is 430 g/mol. The molecule has 3 atom stereocenters. The van der Waals surface area contributed by atoms with Gasteiger partial charge in [0.15, 0.2) is 5.65 Å². The lowest BCUT2D eigenvalue weighted by Gasteiger charge is -2.49. The van der Waals surface area contributed by atoms with Crippen molar-refractivity contribution < 1.29 is 4.74 Å². The fourth-order valence-electron chi connectivity index (χ4n) is 4.96. The van der Waals surface area contributed by atoms with E-state index >= 15 is 0 Å². The highest BCUT2D eigenvalue weighted by molar-refractivity contribution is 5.69. The van der Waals surface area contributed by atoms with Gasteiger partial charge in [0.25, 0.3) is 5.56 Å². The molecule has 0 aromatic carbocycles. The molecule has 0 spiro atoms. The highest BCUT2D eigenvalue weighted by Gasteiger charge is 2.36. The number of imidazole rings is 1. The number of methoxy groups -OCH3 is 1. The summed E-state index contributed by atoms with van der Waals surface area (Å²) in [4.78, 5) is 27.1. The molecule has 9 nitrogen and oxygen atoms in total. The minimum absolute atomic E-state index is 0.0930. The minimum Gasteiger partial charge on any atom is -0.495 e. The van der Waals surface area contributed by atoms with E-state index in [0.717, 1.165) is 48.7 Å². The van der Waals surface area contributed by atoms with E-state index in [0.29, 0.717) is 11.7 Å². The highest BCUT2D eigenvalue weighted by Crippen LogP contribution is 2.33. The van der Waals surface area contributed by atoms with E-state index in [-0.39, 0.29) is 24.1 Å². The van der Waals surface area contributed by atoms with Crippen LogP contribution < -0.4 is 15.2 Å². The number of hydrogen-bond acceptors (Lipinski definition) is 7. The van der Waals surface area contributed by atoms with E-state index in [9.17, 15) is 4.79 Å². The van der Waals surface area contributed by atoms with Gasteiger partial charge in [0, 0.05) is 44.3 Å². The second kappa shape index (κ2) is 9.85. The molecule has 3 aromatic rings. The zero-order chi connectivity index (χ0) is 24.4. The van der Waals surface area contributed by atoms with Crippen LogP contribution in [0.25, 0.3) is 5.65 Å². The Morgan fingerprint density at radius 2 is 2.00 bits per heavy atom. The lowest BCUT2D eigenvalue weighted by Crippen LogP contribution is -2.59. The number of nitrogens with zero attached hydrogens (tertiary/aromatic N) is 7. The van der Waals surface area contributed by atoms with Crippen LogP contribution in [0.4, 0.5) is 5.69 Å². The third-order valence-corrected chi connectivity index (χ3v) is 7.04. The van der Waals surface area contributed by atoms with Gasteiger partial charge in [0.1, 0.15) is 5.75 Å². The van der Waals surface area contributed by atoms with Gasteiger partial charge in [0.2, 0.25) is 0 Å². The monoisotopic (exact) mass is 463 g/mol. The van der Waals surface area contributed by atoms with Crippen LogP contribution in [0.3, 0.4) is 0 Å². The van der Waals surface area contributed by atoms with Crippen LogP contribution in [0.5, 0.6) is 5.75 Å². The molecule has 0 aliphatic carbocycles. The molecule has 9 heteroatoms. The van der Waals surface area contributed by atoms with Crippen LogP contribution in [0.1, 0.15) is 51.0 Å². The molecule has 1 fully saturated rings. The van der Waals surface area contributed by atoms with Gasteiger partial charge in [0.05, 0.1) is 49.1 Å². The lowest BCUT2D eigenvalue weighted by atomic mass is 9.98. The SMILES string of the molecule is CC[C@H]1CN(C(C)c2ccc(OC)cn2)[C@H](CC)CN1c1cc(=O)n(C)n2cc(CC#N)nc12. The average molecular weight is 464 g/mol. The van der Waals surface area contributed by atoms with Crippen LogP contribution in [-0.4, -0.2) is 56.3 Å². The maximum absolute atomic E-state index is 12.8. The minimum atomic E-state index is -0.0930. The Morgan fingerprint density at radius 3 is 2.62 bits per heavy atom. The van der Waals surface area contributed by atoms with Crippen molar-refractivity contribution in [2.24, 2.45) is 7.05 Å². The summed E-state index contributed by atoms with van der Waals surface area (Å²) in [5.41, 5.74) is 3.16. The zero-order valence-corrected chi connectivity index (χ0v) is 20.6. The number of anilines is 1. The van der Waals surface area contributed by atoms with Crippen LogP contribution in [0, 0.1) is 11.3 Å². The first-order valence-corrected chi connectivity index (χ1v) is 11.9. The molecular formula is C25H33N7O2. The van der Waals surface area contributed by atoms with Crippen molar-refractivity contribution in [2.45, 2.75) is 58.2 Å². The predicted molar refractivity (Wildman–Crippen MR) is 131 cm³/mol. The summed E-state index contributed by atoms with van der Waals surface area (Å²) in [5, 5.41) is 9.14. The number of nitriles is 1. The van der Waals surface area contributed by atoms with Gasteiger partial charge >= 0.3 is 0 Å². The highest BCUT2D eigenvalue weighted by atomic mass is 16.5. The number of hydrogen-bond donors (Lipinski definition) is 0. The number of ether oxygens (including phenoxy) is 1. The zero-order valence-electron chi connectivity index (χ0n) is 20.6. The molecule has 4 heterocycles. The Hall–Kier alpha value is -3.38. The van der Waals surface area contributed by atoms with Gasteiger partial charge in [-0.2, -0.15) is 5.26 Å². The van der Waals surface area contributed by atoms with Gasteiger partial charge in [-0.05, 0) is 31.9 Å². The first-order chi connectivity index (χ1) is 16.4. The molecule has 4 rings (SSSR count).